The summed E-state index contributed by atoms with van der Waals surface area (Å²) in [5.74, 6) is 0.715. The predicted octanol–water partition coefficient (Wildman–Crippen LogP) is 4.34. The van der Waals surface area contributed by atoms with Gasteiger partial charge in [0.15, 0.2) is 5.69 Å². The summed E-state index contributed by atoms with van der Waals surface area (Å²) in [6.45, 7) is 3.00. The van der Waals surface area contributed by atoms with Gasteiger partial charge in [0.1, 0.15) is 11.9 Å². The first kappa shape index (κ1) is 17.0. The number of anilines is 1. The maximum absolute atomic E-state index is 9.00. The van der Waals surface area contributed by atoms with E-state index in [4.69, 9.17) is 28.5 Å². The molecule has 1 aliphatic heterocycles. The predicted molar refractivity (Wildman–Crippen MR) is 97.3 cm³/mol. The monoisotopic (exact) mass is 360 g/mol. The highest BCUT2D eigenvalue weighted by Crippen LogP contribution is 2.20. The molecule has 0 amide bonds. The second-order valence-corrected chi connectivity index (χ2v) is 6.80. The van der Waals surface area contributed by atoms with Gasteiger partial charge < -0.3 is 5.32 Å². The summed E-state index contributed by atoms with van der Waals surface area (Å²) >= 11 is 11.8. The fourth-order valence-corrected chi connectivity index (χ4v) is 3.17. The quantitative estimate of drug-likeness (QED) is 0.880. The molecule has 1 N–H and O–H groups in total. The van der Waals surface area contributed by atoms with E-state index in [9.17, 15) is 0 Å². The van der Waals surface area contributed by atoms with Crippen LogP contribution in [0.25, 0.3) is 0 Å². The van der Waals surface area contributed by atoms with Crippen LogP contribution in [0.3, 0.4) is 0 Å². The number of piperidine rings is 1. The molecule has 3 rings (SSSR count). The molecule has 1 aromatic heterocycles. The fourth-order valence-electron chi connectivity index (χ4n) is 2.89. The van der Waals surface area contributed by atoms with Crippen molar-refractivity contribution >= 4 is 29.0 Å². The van der Waals surface area contributed by atoms with Gasteiger partial charge in [0.05, 0.1) is 5.02 Å². The standard InChI is InChI=1S/C18H18Cl2N4/c19-14-3-1-13(2-4-14)12-24-9-7-15(8-10-24)22-18-6-5-16(20)17(11-21)23-18/h1-6,15H,7-10,12H2,(H,22,23). The number of likely N-dealkylation sites (tertiary alicyclic amines) is 1. The van der Waals surface area contributed by atoms with Crippen molar-refractivity contribution in [2.24, 2.45) is 0 Å². The molecule has 1 fully saturated rings. The van der Waals surface area contributed by atoms with Crippen molar-refractivity contribution in [2.75, 3.05) is 18.4 Å². The van der Waals surface area contributed by atoms with Gasteiger partial charge in [-0.1, -0.05) is 35.3 Å². The number of nitrogens with one attached hydrogen (secondary N) is 1. The van der Waals surface area contributed by atoms with Crippen LogP contribution in [-0.4, -0.2) is 29.0 Å². The number of pyridine rings is 1. The number of nitriles is 1. The van der Waals surface area contributed by atoms with Gasteiger partial charge in [0.2, 0.25) is 0 Å². The molecule has 0 spiro atoms. The van der Waals surface area contributed by atoms with Crippen molar-refractivity contribution in [3.63, 3.8) is 0 Å². The van der Waals surface area contributed by atoms with Crippen molar-refractivity contribution in [3.8, 4) is 6.07 Å². The molecule has 1 aliphatic rings. The smallest absolute Gasteiger partial charge is 0.161 e. The van der Waals surface area contributed by atoms with Crippen LogP contribution in [0, 0.1) is 11.3 Å². The van der Waals surface area contributed by atoms with Crippen LogP contribution < -0.4 is 5.32 Å². The number of halogens is 2. The van der Waals surface area contributed by atoms with Gasteiger partial charge in [-0.15, -0.1) is 0 Å². The Morgan fingerprint density at radius 1 is 1.12 bits per heavy atom. The Morgan fingerprint density at radius 2 is 1.83 bits per heavy atom. The van der Waals surface area contributed by atoms with Crippen LogP contribution >= 0.6 is 23.2 Å². The number of hydrogen-bond donors (Lipinski definition) is 1. The Hall–Kier alpha value is -1.80. The Morgan fingerprint density at radius 3 is 2.50 bits per heavy atom. The average Bonchev–Trinajstić information content (AvgIpc) is 2.60. The highest BCUT2D eigenvalue weighted by atomic mass is 35.5. The maximum Gasteiger partial charge on any atom is 0.161 e. The Kier molecular flexibility index (Phi) is 5.57. The lowest BCUT2D eigenvalue weighted by atomic mass is 10.0. The molecule has 0 atom stereocenters. The van der Waals surface area contributed by atoms with Crippen LogP contribution in [-0.2, 0) is 6.54 Å². The van der Waals surface area contributed by atoms with Crippen molar-refractivity contribution < 1.29 is 0 Å². The summed E-state index contributed by atoms with van der Waals surface area (Å²) in [6.07, 6.45) is 2.08. The molecule has 2 aromatic rings. The summed E-state index contributed by atoms with van der Waals surface area (Å²) in [4.78, 5) is 6.69. The Bertz CT molecular complexity index is 732. The molecule has 0 bridgehead atoms. The number of rotatable bonds is 4. The Balaban J connectivity index is 1.52. The van der Waals surface area contributed by atoms with E-state index in [0.29, 0.717) is 16.9 Å². The van der Waals surface area contributed by atoms with E-state index in [2.05, 4.69) is 27.3 Å². The van der Waals surface area contributed by atoms with Crippen molar-refractivity contribution in [2.45, 2.75) is 25.4 Å². The molecule has 0 saturated carbocycles. The minimum absolute atomic E-state index is 0.266. The average molecular weight is 361 g/mol. The van der Waals surface area contributed by atoms with Crippen molar-refractivity contribution in [1.29, 1.82) is 5.26 Å². The first-order chi connectivity index (χ1) is 11.6. The molecule has 124 valence electrons. The molecule has 24 heavy (non-hydrogen) atoms. The third-order valence-corrected chi connectivity index (χ3v) is 4.77. The molecule has 2 heterocycles. The number of hydrogen-bond acceptors (Lipinski definition) is 4. The van der Waals surface area contributed by atoms with Crippen LogP contribution in [0.1, 0.15) is 24.1 Å². The van der Waals surface area contributed by atoms with Gasteiger partial charge in [0, 0.05) is 30.7 Å². The summed E-state index contributed by atoms with van der Waals surface area (Å²) in [7, 11) is 0. The minimum Gasteiger partial charge on any atom is -0.367 e. The SMILES string of the molecule is N#Cc1nc(NC2CCN(Cc3ccc(Cl)cc3)CC2)ccc1Cl. The zero-order valence-corrected chi connectivity index (χ0v) is 14.7. The summed E-state index contributed by atoms with van der Waals surface area (Å²) in [6, 6.07) is 13.9. The van der Waals surface area contributed by atoms with Gasteiger partial charge in [0.25, 0.3) is 0 Å². The third kappa shape index (κ3) is 4.39. The first-order valence-corrected chi connectivity index (χ1v) is 8.69. The van der Waals surface area contributed by atoms with Crippen LogP contribution in [0.4, 0.5) is 5.82 Å². The summed E-state index contributed by atoms with van der Waals surface area (Å²) in [5, 5.41) is 13.6. The fraction of sp³-hybridized carbons (Fsp3) is 0.333. The molecule has 6 heteroatoms. The Labute approximate surface area is 152 Å². The summed E-state index contributed by atoms with van der Waals surface area (Å²) in [5.41, 5.74) is 1.55. The highest BCUT2D eigenvalue weighted by Gasteiger charge is 2.19. The molecule has 1 aromatic carbocycles. The molecule has 4 nitrogen and oxygen atoms in total. The van der Waals surface area contributed by atoms with Crippen LogP contribution in [0.2, 0.25) is 10.0 Å². The van der Waals surface area contributed by atoms with Gasteiger partial charge in [-0.2, -0.15) is 5.26 Å². The zero-order valence-electron chi connectivity index (χ0n) is 13.2. The number of nitrogens with zero attached hydrogens (tertiary/aromatic N) is 3. The van der Waals surface area contributed by atoms with Crippen LogP contribution in [0.15, 0.2) is 36.4 Å². The topological polar surface area (TPSA) is 52.0 Å². The minimum atomic E-state index is 0.266. The number of benzene rings is 1. The molecule has 0 aliphatic carbocycles. The van der Waals surface area contributed by atoms with E-state index >= 15 is 0 Å². The van der Waals surface area contributed by atoms with Gasteiger partial charge in [-0.05, 0) is 42.7 Å². The lowest BCUT2D eigenvalue weighted by Gasteiger charge is -2.32. The maximum atomic E-state index is 9.00. The van der Waals surface area contributed by atoms with E-state index in [1.165, 1.54) is 5.56 Å². The van der Waals surface area contributed by atoms with Gasteiger partial charge in [-0.3, -0.25) is 4.90 Å². The first-order valence-electron chi connectivity index (χ1n) is 7.94. The highest BCUT2D eigenvalue weighted by molar-refractivity contribution is 6.31. The second kappa shape index (κ2) is 7.85. The molecular weight excluding hydrogens is 343 g/mol. The van der Waals surface area contributed by atoms with Crippen LogP contribution in [0.5, 0.6) is 0 Å². The normalized spacial score (nSPS) is 15.9. The lowest BCUT2D eigenvalue weighted by Crippen LogP contribution is -2.38. The summed E-state index contributed by atoms with van der Waals surface area (Å²) < 4.78 is 0. The van der Waals surface area contributed by atoms with E-state index in [1.807, 2.05) is 24.3 Å². The number of aromatic nitrogens is 1. The van der Waals surface area contributed by atoms with Gasteiger partial charge in [-0.25, -0.2) is 4.98 Å². The molecule has 1 saturated heterocycles. The molecule has 0 radical (unpaired) electrons. The van der Waals surface area contributed by atoms with Gasteiger partial charge >= 0.3 is 0 Å². The largest absolute Gasteiger partial charge is 0.367 e. The lowest BCUT2D eigenvalue weighted by molar-refractivity contribution is 0.211. The van der Waals surface area contributed by atoms with E-state index in [-0.39, 0.29) is 5.69 Å². The zero-order chi connectivity index (χ0) is 16.9. The molecular formula is C18H18Cl2N4. The van der Waals surface area contributed by atoms with E-state index in [1.54, 1.807) is 6.07 Å². The van der Waals surface area contributed by atoms with E-state index in [0.717, 1.165) is 37.5 Å². The second-order valence-electron chi connectivity index (χ2n) is 5.96. The third-order valence-electron chi connectivity index (χ3n) is 4.21. The van der Waals surface area contributed by atoms with E-state index < -0.39 is 0 Å². The van der Waals surface area contributed by atoms with Crippen molar-refractivity contribution in [3.05, 3.63) is 57.7 Å². The van der Waals surface area contributed by atoms with Crippen molar-refractivity contribution in [1.82, 2.24) is 9.88 Å². The molecule has 0 unspecified atom stereocenters.